The fourth-order valence-electron chi connectivity index (χ4n) is 2.19. The Kier molecular flexibility index (Phi) is 2.25. The van der Waals surface area contributed by atoms with Crippen molar-refractivity contribution in [3.05, 3.63) is 24.2 Å². The first kappa shape index (κ1) is 9.59. The van der Waals surface area contributed by atoms with Crippen LogP contribution in [-0.4, -0.2) is 27.8 Å². The number of anilines is 1. The van der Waals surface area contributed by atoms with Gasteiger partial charge < -0.3 is 10.5 Å². The number of aromatic nitrogens is 3. The molecule has 0 spiro atoms. The van der Waals surface area contributed by atoms with E-state index in [0.717, 1.165) is 37.4 Å². The van der Waals surface area contributed by atoms with Crippen LogP contribution in [0.1, 0.15) is 24.5 Å². The molecule has 2 N–H and O–H groups in total. The minimum Gasteiger partial charge on any atom is -0.394 e. The summed E-state index contributed by atoms with van der Waals surface area (Å²) in [5.41, 5.74) is 8.53. The van der Waals surface area contributed by atoms with Gasteiger partial charge in [0.15, 0.2) is 5.65 Å². The van der Waals surface area contributed by atoms with E-state index in [1.54, 1.807) is 10.7 Å². The van der Waals surface area contributed by atoms with E-state index in [4.69, 9.17) is 10.5 Å². The van der Waals surface area contributed by atoms with E-state index in [-0.39, 0.29) is 0 Å². The van der Waals surface area contributed by atoms with Gasteiger partial charge in [0.05, 0.1) is 5.69 Å². The van der Waals surface area contributed by atoms with E-state index in [1.807, 2.05) is 12.3 Å². The van der Waals surface area contributed by atoms with Gasteiger partial charge in [-0.3, -0.25) is 0 Å². The Labute approximate surface area is 93.2 Å². The number of nitrogens with zero attached hydrogens (tertiary/aromatic N) is 3. The van der Waals surface area contributed by atoms with Gasteiger partial charge in [0.1, 0.15) is 5.69 Å². The van der Waals surface area contributed by atoms with Crippen molar-refractivity contribution in [2.75, 3.05) is 18.9 Å². The molecule has 0 bridgehead atoms. The Hall–Kier alpha value is -1.62. The standard InChI is InChI=1S/C11H14N4O/c12-9-10(8-2-6-16-7-3-8)14-15-5-1-4-13-11(9)15/h1,4-5,8H,2-3,6-7,12H2. The molecule has 5 heteroatoms. The Morgan fingerprint density at radius 3 is 2.94 bits per heavy atom. The van der Waals surface area contributed by atoms with Crippen LogP contribution in [0.25, 0.3) is 5.65 Å². The molecule has 0 unspecified atom stereocenters. The van der Waals surface area contributed by atoms with E-state index >= 15 is 0 Å². The maximum Gasteiger partial charge on any atom is 0.178 e. The number of fused-ring (bicyclic) bond motifs is 1. The minimum absolute atomic E-state index is 0.412. The maximum atomic E-state index is 6.08. The van der Waals surface area contributed by atoms with Gasteiger partial charge in [-0.05, 0) is 18.9 Å². The number of nitrogens with two attached hydrogens (primary N) is 1. The zero-order valence-corrected chi connectivity index (χ0v) is 8.97. The summed E-state index contributed by atoms with van der Waals surface area (Å²) in [7, 11) is 0. The molecule has 1 saturated heterocycles. The number of hydrogen-bond acceptors (Lipinski definition) is 4. The molecular formula is C11H14N4O. The molecule has 0 aliphatic carbocycles. The average molecular weight is 218 g/mol. The predicted molar refractivity (Wildman–Crippen MR) is 60.2 cm³/mol. The highest BCUT2D eigenvalue weighted by atomic mass is 16.5. The third-order valence-electron chi connectivity index (χ3n) is 3.07. The highest BCUT2D eigenvalue weighted by Crippen LogP contribution is 2.31. The molecule has 0 aromatic carbocycles. The molecule has 0 atom stereocenters. The first-order chi connectivity index (χ1) is 7.86. The smallest absolute Gasteiger partial charge is 0.178 e. The third kappa shape index (κ3) is 1.44. The summed E-state index contributed by atoms with van der Waals surface area (Å²) in [5.74, 6) is 0.412. The van der Waals surface area contributed by atoms with Crippen LogP contribution in [0.15, 0.2) is 18.5 Å². The van der Waals surface area contributed by atoms with Gasteiger partial charge in [-0.1, -0.05) is 0 Å². The van der Waals surface area contributed by atoms with Gasteiger partial charge in [0.2, 0.25) is 0 Å². The molecule has 16 heavy (non-hydrogen) atoms. The van der Waals surface area contributed by atoms with Crippen molar-refractivity contribution in [1.82, 2.24) is 14.6 Å². The number of nitrogen functional groups attached to an aromatic ring is 1. The first-order valence-electron chi connectivity index (χ1n) is 5.53. The lowest BCUT2D eigenvalue weighted by Crippen LogP contribution is -2.15. The number of rotatable bonds is 1. The minimum atomic E-state index is 0.412. The Morgan fingerprint density at radius 2 is 2.19 bits per heavy atom. The zero-order chi connectivity index (χ0) is 11.0. The molecule has 1 aliphatic heterocycles. The van der Waals surface area contributed by atoms with Crippen molar-refractivity contribution < 1.29 is 4.74 Å². The quantitative estimate of drug-likeness (QED) is 0.781. The van der Waals surface area contributed by atoms with Crippen LogP contribution in [0, 0.1) is 0 Å². The summed E-state index contributed by atoms with van der Waals surface area (Å²) in [4.78, 5) is 4.24. The SMILES string of the molecule is Nc1c(C2CCOCC2)nn2cccnc12. The zero-order valence-electron chi connectivity index (χ0n) is 8.97. The van der Waals surface area contributed by atoms with Gasteiger partial charge in [-0.15, -0.1) is 0 Å². The molecule has 1 aliphatic rings. The predicted octanol–water partition coefficient (Wildman–Crippen LogP) is 1.21. The van der Waals surface area contributed by atoms with E-state index < -0.39 is 0 Å². The highest BCUT2D eigenvalue weighted by Gasteiger charge is 2.22. The van der Waals surface area contributed by atoms with E-state index in [2.05, 4.69) is 10.1 Å². The summed E-state index contributed by atoms with van der Waals surface area (Å²) in [6.07, 6.45) is 5.60. The topological polar surface area (TPSA) is 65.4 Å². The molecular weight excluding hydrogens is 204 g/mol. The molecule has 84 valence electrons. The van der Waals surface area contributed by atoms with Gasteiger partial charge in [0, 0.05) is 31.5 Å². The molecule has 3 rings (SSSR count). The van der Waals surface area contributed by atoms with Crippen molar-refractivity contribution in [3.63, 3.8) is 0 Å². The van der Waals surface area contributed by atoms with Crippen LogP contribution < -0.4 is 5.73 Å². The third-order valence-corrected chi connectivity index (χ3v) is 3.07. The van der Waals surface area contributed by atoms with Crippen molar-refractivity contribution in [3.8, 4) is 0 Å². The average Bonchev–Trinajstić information content (AvgIpc) is 2.69. The van der Waals surface area contributed by atoms with Gasteiger partial charge in [0.25, 0.3) is 0 Å². The number of hydrogen-bond donors (Lipinski definition) is 1. The van der Waals surface area contributed by atoms with Crippen LogP contribution in [0.3, 0.4) is 0 Å². The van der Waals surface area contributed by atoms with Crippen molar-refractivity contribution in [2.45, 2.75) is 18.8 Å². The molecule has 0 saturated carbocycles. The van der Waals surface area contributed by atoms with Crippen LogP contribution in [-0.2, 0) is 4.74 Å². The fraction of sp³-hybridized carbons (Fsp3) is 0.455. The summed E-state index contributed by atoms with van der Waals surface area (Å²) in [6.45, 7) is 1.59. The normalized spacial score (nSPS) is 18.0. The summed E-state index contributed by atoms with van der Waals surface area (Å²) in [6, 6.07) is 1.85. The van der Waals surface area contributed by atoms with Gasteiger partial charge in [-0.25, -0.2) is 9.50 Å². The Balaban J connectivity index is 2.05. The van der Waals surface area contributed by atoms with E-state index in [9.17, 15) is 0 Å². The van der Waals surface area contributed by atoms with Crippen molar-refractivity contribution >= 4 is 11.3 Å². The largest absolute Gasteiger partial charge is 0.394 e. The van der Waals surface area contributed by atoms with Crippen LogP contribution in [0.5, 0.6) is 0 Å². The van der Waals surface area contributed by atoms with Gasteiger partial charge in [-0.2, -0.15) is 5.10 Å². The van der Waals surface area contributed by atoms with E-state index in [0.29, 0.717) is 11.6 Å². The lowest BCUT2D eigenvalue weighted by Gasteiger charge is -2.20. The summed E-state index contributed by atoms with van der Waals surface area (Å²) < 4.78 is 7.09. The summed E-state index contributed by atoms with van der Waals surface area (Å²) >= 11 is 0. The van der Waals surface area contributed by atoms with Crippen molar-refractivity contribution in [2.24, 2.45) is 0 Å². The summed E-state index contributed by atoms with van der Waals surface area (Å²) in [5, 5.41) is 4.51. The first-order valence-corrected chi connectivity index (χ1v) is 5.53. The van der Waals surface area contributed by atoms with Crippen LogP contribution in [0.2, 0.25) is 0 Å². The molecule has 0 radical (unpaired) electrons. The second kappa shape index (κ2) is 3.75. The number of ether oxygens (including phenoxy) is 1. The molecule has 0 amide bonds. The highest BCUT2D eigenvalue weighted by molar-refractivity contribution is 5.67. The Bertz CT molecular complexity index is 502. The monoisotopic (exact) mass is 218 g/mol. The molecule has 1 fully saturated rings. The van der Waals surface area contributed by atoms with Crippen molar-refractivity contribution in [1.29, 1.82) is 0 Å². The molecule has 5 nitrogen and oxygen atoms in total. The van der Waals surface area contributed by atoms with Gasteiger partial charge >= 0.3 is 0 Å². The Morgan fingerprint density at radius 1 is 1.38 bits per heavy atom. The van der Waals surface area contributed by atoms with Crippen LogP contribution >= 0.6 is 0 Å². The van der Waals surface area contributed by atoms with E-state index in [1.165, 1.54) is 0 Å². The van der Waals surface area contributed by atoms with Crippen LogP contribution in [0.4, 0.5) is 5.69 Å². The molecule has 3 heterocycles. The second-order valence-electron chi connectivity index (χ2n) is 4.07. The maximum absolute atomic E-state index is 6.08. The lowest BCUT2D eigenvalue weighted by molar-refractivity contribution is 0.0846. The molecule has 2 aromatic rings. The lowest BCUT2D eigenvalue weighted by atomic mass is 9.96. The molecule has 2 aromatic heterocycles. The fourth-order valence-corrected chi connectivity index (χ4v) is 2.19. The second-order valence-corrected chi connectivity index (χ2v) is 4.07.